The smallest absolute Gasteiger partial charge is 0.243 e. The molecule has 0 saturated heterocycles. The van der Waals surface area contributed by atoms with Gasteiger partial charge in [0.15, 0.2) is 0 Å². The highest BCUT2D eigenvalue weighted by Gasteiger charge is 2.60. The van der Waals surface area contributed by atoms with Crippen LogP contribution in [0.2, 0.25) is 0 Å². The molecule has 0 radical (unpaired) electrons. The maximum atomic E-state index is 12.0. The Kier molecular flexibility index (Phi) is 4.38. The molecule has 4 unspecified atom stereocenters. The average Bonchev–Trinajstić information content (AvgIpc) is 3.01. The van der Waals surface area contributed by atoms with Crippen molar-refractivity contribution in [1.82, 2.24) is 5.32 Å². The zero-order chi connectivity index (χ0) is 20.4. The third kappa shape index (κ3) is 3.04. The number of amides is 1. The van der Waals surface area contributed by atoms with Gasteiger partial charge in [-0.1, -0.05) is 44.5 Å². The van der Waals surface area contributed by atoms with Crippen LogP contribution in [0.15, 0.2) is 36.4 Å². The third-order valence-electron chi connectivity index (χ3n) is 9.11. The van der Waals surface area contributed by atoms with E-state index >= 15 is 0 Å². The van der Waals surface area contributed by atoms with Gasteiger partial charge in [0, 0.05) is 11.5 Å². The van der Waals surface area contributed by atoms with Crippen molar-refractivity contribution >= 4 is 5.91 Å². The lowest BCUT2D eigenvalue weighted by molar-refractivity contribution is -0.124. The maximum Gasteiger partial charge on any atom is 0.243 e. The number of hydrogen-bond donors (Lipinski definition) is 1. The molecule has 1 aromatic carbocycles. The Morgan fingerprint density at radius 2 is 1.86 bits per heavy atom. The fourth-order valence-corrected chi connectivity index (χ4v) is 7.58. The number of nitrogens with one attached hydrogen (secondary N) is 1. The van der Waals surface area contributed by atoms with E-state index < -0.39 is 0 Å². The van der Waals surface area contributed by atoms with Gasteiger partial charge < -0.3 is 10.1 Å². The van der Waals surface area contributed by atoms with E-state index in [-0.39, 0.29) is 11.3 Å². The lowest BCUT2D eigenvalue weighted by Crippen LogP contribution is -2.61. The van der Waals surface area contributed by atoms with Crippen molar-refractivity contribution in [2.24, 2.45) is 34.5 Å². The van der Waals surface area contributed by atoms with Crippen molar-refractivity contribution in [3.05, 3.63) is 42.0 Å². The Hall–Kier alpha value is -1.77. The topological polar surface area (TPSA) is 38.3 Å². The number of fused-ring (bicyclic) bond motifs is 5. The summed E-state index contributed by atoms with van der Waals surface area (Å²) in [7, 11) is 0. The molecule has 1 N–H and O–H groups in total. The van der Waals surface area contributed by atoms with Crippen LogP contribution >= 0.6 is 0 Å². The van der Waals surface area contributed by atoms with Gasteiger partial charge in [-0.3, -0.25) is 4.79 Å². The summed E-state index contributed by atoms with van der Waals surface area (Å²) in [5.74, 6) is 3.85. The predicted molar refractivity (Wildman–Crippen MR) is 116 cm³/mol. The van der Waals surface area contributed by atoms with Gasteiger partial charge in [-0.2, -0.15) is 0 Å². The molecular weight excluding hydrogens is 358 g/mol. The van der Waals surface area contributed by atoms with Crippen molar-refractivity contribution in [2.75, 3.05) is 0 Å². The van der Waals surface area contributed by atoms with E-state index in [4.69, 9.17) is 4.74 Å². The summed E-state index contributed by atoms with van der Waals surface area (Å²) in [4.78, 5) is 12.0. The van der Waals surface area contributed by atoms with Gasteiger partial charge in [0.25, 0.3) is 0 Å². The summed E-state index contributed by atoms with van der Waals surface area (Å²) in [6.07, 6.45) is 10.4. The number of carbonyl (C=O) groups excluding carboxylic acids is 1. The van der Waals surface area contributed by atoms with Crippen LogP contribution in [-0.4, -0.2) is 18.1 Å². The van der Waals surface area contributed by atoms with Crippen LogP contribution in [0.4, 0.5) is 0 Å². The second kappa shape index (κ2) is 6.62. The van der Waals surface area contributed by atoms with Crippen LogP contribution < -0.4 is 10.1 Å². The van der Waals surface area contributed by atoms with E-state index in [1.165, 1.54) is 31.2 Å². The second-order valence-electron chi connectivity index (χ2n) is 10.9. The highest BCUT2D eigenvalue weighted by Crippen LogP contribution is 2.64. The van der Waals surface area contributed by atoms with Gasteiger partial charge in [-0.15, -0.1) is 0 Å². The fourth-order valence-electron chi connectivity index (χ4n) is 7.58. The number of rotatable bonds is 2. The molecule has 0 aromatic heterocycles. The molecular formula is C26H35NO2. The molecule has 3 saturated carbocycles. The number of hydrogen-bond acceptors (Lipinski definition) is 2. The first kappa shape index (κ1) is 19.2. The minimum absolute atomic E-state index is 0.0891. The Morgan fingerprint density at radius 1 is 1.10 bits per heavy atom. The summed E-state index contributed by atoms with van der Waals surface area (Å²) in [6.45, 7) is 9.47. The third-order valence-corrected chi connectivity index (χ3v) is 9.11. The van der Waals surface area contributed by atoms with Gasteiger partial charge in [-0.25, -0.2) is 0 Å². The van der Waals surface area contributed by atoms with Crippen LogP contribution in [0.25, 0.3) is 0 Å². The molecule has 3 nitrogen and oxygen atoms in total. The number of benzene rings is 1. The average molecular weight is 394 g/mol. The molecule has 3 aliphatic carbocycles. The van der Waals surface area contributed by atoms with Crippen molar-refractivity contribution in [3.63, 3.8) is 0 Å². The van der Waals surface area contributed by atoms with Crippen LogP contribution in [0.1, 0.15) is 58.4 Å². The maximum absolute atomic E-state index is 12.0. The van der Waals surface area contributed by atoms with E-state index in [9.17, 15) is 4.79 Å². The molecule has 156 valence electrons. The van der Waals surface area contributed by atoms with Gasteiger partial charge in [0.05, 0.1) is 6.10 Å². The zero-order valence-corrected chi connectivity index (χ0v) is 18.3. The predicted octanol–water partition coefficient (Wildman–Crippen LogP) is 5.29. The second-order valence-corrected chi connectivity index (χ2v) is 10.9. The Balaban J connectivity index is 1.40. The first-order valence-electron chi connectivity index (χ1n) is 11.5. The zero-order valence-electron chi connectivity index (χ0n) is 18.3. The molecule has 3 fully saturated rings. The van der Waals surface area contributed by atoms with Gasteiger partial charge in [0.2, 0.25) is 5.91 Å². The Labute approximate surface area is 175 Å². The van der Waals surface area contributed by atoms with Gasteiger partial charge >= 0.3 is 0 Å². The number of carbonyl (C=O) groups is 1. The van der Waals surface area contributed by atoms with Crippen LogP contribution in [0.3, 0.4) is 0 Å². The molecule has 1 amide bonds. The minimum atomic E-state index is 0.0891. The fraction of sp³-hybridized carbons (Fsp3) is 0.654. The number of aryl methyl sites for hydroxylation is 1. The normalized spacial score (nSPS) is 45.7. The molecule has 0 bridgehead atoms. The van der Waals surface area contributed by atoms with Gasteiger partial charge in [-0.05, 0) is 86.3 Å². The minimum Gasteiger partial charge on any atom is -0.490 e. The first-order chi connectivity index (χ1) is 13.8. The molecule has 5 rings (SSSR count). The van der Waals surface area contributed by atoms with E-state index in [2.05, 4.69) is 63.4 Å². The van der Waals surface area contributed by atoms with E-state index in [0.717, 1.165) is 24.0 Å². The van der Waals surface area contributed by atoms with Crippen molar-refractivity contribution in [1.29, 1.82) is 0 Å². The molecule has 1 heterocycles. The molecule has 1 aliphatic heterocycles. The van der Waals surface area contributed by atoms with Crippen molar-refractivity contribution in [3.8, 4) is 5.75 Å². The molecule has 1 aromatic rings. The summed E-state index contributed by atoms with van der Waals surface area (Å²) in [5.41, 5.74) is 1.76. The van der Waals surface area contributed by atoms with Crippen molar-refractivity contribution < 1.29 is 9.53 Å². The molecule has 4 aliphatic rings. The monoisotopic (exact) mass is 393 g/mol. The standard InChI is InChI=1S/C26H35NO2/c1-16-5-7-18(8-6-16)29-19-14-21-24-17(2)13-22-26(4,12-10-23(28)27-22)20(24)9-11-25(21,3)15-19/h5-8,10,12,17,19-22,24H,9,11,13-15H2,1-4H3,(H,27,28)/t17?,19-,20?,21?,22+,24?,25+,26+/m0/s1. The summed E-state index contributed by atoms with van der Waals surface area (Å²) >= 11 is 0. The molecule has 0 spiro atoms. The molecule has 3 heteroatoms. The van der Waals surface area contributed by atoms with Crippen LogP contribution in [0.5, 0.6) is 5.75 Å². The van der Waals surface area contributed by atoms with Crippen molar-refractivity contribution in [2.45, 2.75) is 71.9 Å². The van der Waals surface area contributed by atoms with Gasteiger partial charge in [0.1, 0.15) is 5.75 Å². The van der Waals surface area contributed by atoms with E-state index in [1.54, 1.807) is 6.08 Å². The molecule has 8 atom stereocenters. The highest BCUT2D eigenvalue weighted by atomic mass is 16.5. The van der Waals surface area contributed by atoms with Crippen LogP contribution in [-0.2, 0) is 4.79 Å². The lowest BCUT2D eigenvalue weighted by atomic mass is 9.46. The quantitative estimate of drug-likeness (QED) is 0.742. The number of ether oxygens (including phenoxy) is 1. The lowest BCUT2D eigenvalue weighted by Gasteiger charge is -2.60. The Bertz CT molecular complexity index is 830. The summed E-state index contributed by atoms with van der Waals surface area (Å²) in [6, 6.07) is 8.81. The van der Waals surface area contributed by atoms with E-state index in [1.807, 2.05) is 0 Å². The highest BCUT2D eigenvalue weighted by molar-refractivity contribution is 5.89. The molecule has 29 heavy (non-hydrogen) atoms. The first-order valence-corrected chi connectivity index (χ1v) is 11.5. The van der Waals surface area contributed by atoms with Crippen LogP contribution in [0, 0.1) is 41.4 Å². The Morgan fingerprint density at radius 3 is 2.62 bits per heavy atom. The SMILES string of the molecule is Cc1ccc(O[C@H]2CC3C4C(C)C[C@H]5NC(=O)C=C[C@]5(C)C4CC[C@]3(C)C2)cc1. The summed E-state index contributed by atoms with van der Waals surface area (Å²) < 4.78 is 6.48. The largest absolute Gasteiger partial charge is 0.490 e. The summed E-state index contributed by atoms with van der Waals surface area (Å²) in [5, 5.41) is 3.29. The van der Waals surface area contributed by atoms with E-state index in [0.29, 0.717) is 29.4 Å².